The molecule has 0 heterocycles. The number of rotatable bonds is 5. The van der Waals surface area contributed by atoms with Gasteiger partial charge in [-0.3, -0.25) is 4.79 Å². The Bertz CT molecular complexity index is 386. The molecule has 1 aromatic carbocycles. The molecule has 0 aromatic heterocycles. The lowest BCUT2D eigenvalue weighted by molar-refractivity contribution is -0.138. The number of carbonyl (C=O) groups is 1. The minimum Gasteiger partial charge on any atom is -0.481 e. The Kier molecular flexibility index (Phi) is 4.92. The number of aliphatic hydroxyl groups is 1. The van der Waals surface area contributed by atoms with Crippen molar-refractivity contribution < 1.29 is 15.0 Å². The number of halogens is 1. The third-order valence-corrected chi connectivity index (χ3v) is 3.44. The van der Waals surface area contributed by atoms with Gasteiger partial charge in [0.1, 0.15) is 0 Å². The number of aliphatic hydroxyl groups excluding tert-OH is 1. The van der Waals surface area contributed by atoms with Crippen molar-refractivity contribution in [1.29, 1.82) is 0 Å². The van der Waals surface area contributed by atoms with Crippen LogP contribution in [0.5, 0.6) is 0 Å². The molecule has 0 bridgehead atoms. The summed E-state index contributed by atoms with van der Waals surface area (Å²) in [5, 5.41) is 18.3. The number of anilines is 1. The fourth-order valence-corrected chi connectivity index (χ4v) is 2.28. The van der Waals surface area contributed by atoms with Crippen LogP contribution in [0.25, 0.3) is 0 Å². The molecule has 4 N–H and O–H groups in total. The average molecular weight is 262 g/mol. The normalized spacial score (nSPS) is 12.4. The van der Waals surface area contributed by atoms with Gasteiger partial charge < -0.3 is 15.9 Å². The van der Waals surface area contributed by atoms with E-state index in [2.05, 4.69) is 0 Å². The standard InChI is InChI=1S/C10H12ClNO3S/c11-8-3-6(12)1-2-9(8)16-5-7(13)4-10(14)15/h1-3,7,13H,4-5,12H2,(H,14,15). The third kappa shape index (κ3) is 4.30. The second kappa shape index (κ2) is 5.98. The number of nitrogen functional groups attached to an aromatic ring is 1. The lowest BCUT2D eigenvalue weighted by atomic mass is 10.3. The van der Waals surface area contributed by atoms with Crippen LogP contribution in [0, 0.1) is 0 Å². The molecule has 0 saturated heterocycles. The van der Waals surface area contributed by atoms with Crippen LogP contribution in [-0.4, -0.2) is 28.0 Å². The summed E-state index contributed by atoms with van der Waals surface area (Å²) in [5.74, 6) is -0.729. The zero-order valence-electron chi connectivity index (χ0n) is 8.39. The number of hydrogen-bond acceptors (Lipinski definition) is 4. The summed E-state index contributed by atoms with van der Waals surface area (Å²) in [6.07, 6.45) is -1.14. The van der Waals surface area contributed by atoms with E-state index < -0.39 is 12.1 Å². The zero-order valence-corrected chi connectivity index (χ0v) is 9.96. The molecule has 1 rings (SSSR count). The number of benzene rings is 1. The van der Waals surface area contributed by atoms with Gasteiger partial charge in [-0.05, 0) is 18.2 Å². The van der Waals surface area contributed by atoms with Gasteiger partial charge >= 0.3 is 5.97 Å². The van der Waals surface area contributed by atoms with Crippen LogP contribution in [0.3, 0.4) is 0 Å². The van der Waals surface area contributed by atoms with E-state index in [1.165, 1.54) is 11.8 Å². The molecular weight excluding hydrogens is 250 g/mol. The van der Waals surface area contributed by atoms with Crippen LogP contribution in [0.1, 0.15) is 6.42 Å². The van der Waals surface area contributed by atoms with Crippen LogP contribution in [0.4, 0.5) is 5.69 Å². The van der Waals surface area contributed by atoms with Gasteiger partial charge in [0.05, 0.1) is 17.5 Å². The molecule has 88 valence electrons. The highest BCUT2D eigenvalue weighted by Crippen LogP contribution is 2.29. The van der Waals surface area contributed by atoms with Crippen molar-refractivity contribution in [3.05, 3.63) is 23.2 Å². The molecule has 0 aliphatic rings. The first kappa shape index (κ1) is 13.2. The van der Waals surface area contributed by atoms with Gasteiger partial charge in [0.2, 0.25) is 0 Å². The van der Waals surface area contributed by atoms with E-state index in [1.54, 1.807) is 18.2 Å². The predicted octanol–water partition coefficient (Wildman–Crippen LogP) is 1.85. The van der Waals surface area contributed by atoms with Crippen molar-refractivity contribution in [2.24, 2.45) is 0 Å². The summed E-state index contributed by atoms with van der Waals surface area (Å²) >= 11 is 7.22. The van der Waals surface area contributed by atoms with Gasteiger partial charge in [0.25, 0.3) is 0 Å². The summed E-state index contributed by atoms with van der Waals surface area (Å²) in [7, 11) is 0. The Morgan fingerprint density at radius 2 is 2.25 bits per heavy atom. The fraction of sp³-hybridized carbons (Fsp3) is 0.300. The van der Waals surface area contributed by atoms with Gasteiger partial charge in [0, 0.05) is 16.3 Å². The Hall–Kier alpha value is -0.910. The molecule has 0 aliphatic carbocycles. The maximum absolute atomic E-state index is 10.3. The monoisotopic (exact) mass is 261 g/mol. The highest BCUT2D eigenvalue weighted by atomic mass is 35.5. The summed E-state index contributed by atoms with van der Waals surface area (Å²) in [6.45, 7) is 0. The zero-order chi connectivity index (χ0) is 12.1. The fourth-order valence-electron chi connectivity index (χ4n) is 1.08. The summed E-state index contributed by atoms with van der Waals surface area (Å²) < 4.78 is 0. The van der Waals surface area contributed by atoms with E-state index in [9.17, 15) is 9.90 Å². The lowest BCUT2D eigenvalue weighted by Gasteiger charge is -2.08. The lowest BCUT2D eigenvalue weighted by Crippen LogP contribution is -2.15. The van der Waals surface area contributed by atoms with Gasteiger partial charge in [0.15, 0.2) is 0 Å². The topological polar surface area (TPSA) is 83.5 Å². The second-order valence-electron chi connectivity index (χ2n) is 3.25. The van der Waals surface area contributed by atoms with Crippen molar-refractivity contribution in [1.82, 2.24) is 0 Å². The Balaban J connectivity index is 2.51. The van der Waals surface area contributed by atoms with Gasteiger partial charge in [-0.2, -0.15) is 0 Å². The van der Waals surface area contributed by atoms with Crippen molar-refractivity contribution >= 4 is 35.0 Å². The summed E-state index contributed by atoms with van der Waals surface area (Å²) in [5.41, 5.74) is 6.10. The molecule has 0 amide bonds. The molecule has 0 aliphatic heterocycles. The summed E-state index contributed by atoms with van der Waals surface area (Å²) in [4.78, 5) is 11.1. The molecule has 4 nitrogen and oxygen atoms in total. The van der Waals surface area contributed by atoms with Gasteiger partial charge in [-0.25, -0.2) is 0 Å². The first-order chi connectivity index (χ1) is 7.49. The molecular formula is C10H12ClNO3S. The summed E-state index contributed by atoms with van der Waals surface area (Å²) in [6, 6.07) is 5.07. The first-order valence-corrected chi connectivity index (χ1v) is 5.93. The largest absolute Gasteiger partial charge is 0.481 e. The number of carboxylic acids is 1. The van der Waals surface area contributed by atoms with Crippen molar-refractivity contribution in [2.45, 2.75) is 17.4 Å². The molecule has 0 saturated carbocycles. The van der Waals surface area contributed by atoms with Crippen LogP contribution in [-0.2, 0) is 4.79 Å². The molecule has 1 unspecified atom stereocenters. The van der Waals surface area contributed by atoms with Gasteiger partial charge in [-0.15, -0.1) is 11.8 Å². The molecule has 0 radical (unpaired) electrons. The molecule has 16 heavy (non-hydrogen) atoms. The smallest absolute Gasteiger partial charge is 0.306 e. The highest BCUT2D eigenvalue weighted by Gasteiger charge is 2.11. The number of thioether (sulfide) groups is 1. The third-order valence-electron chi connectivity index (χ3n) is 1.80. The average Bonchev–Trinajstić information content (AvgIpc) is 2.15. The SMILES string of the molecule is Nc1ccc(SCC(O)CC(=O)O)c(Cl)c1. The van der Waals surface area contributed by atoms with E-state index in [4.69, 9.17) is 22.4 Å². The molecule has 1 aromatic rings. The second-order valence-corrected chi connectivity index (χ2v) is 4.72. The molecule has 0 fully saturated rings. The van der Waals surface area contributed by atoms with E-state index in [1.807, 2.05) is 0 Å². The predicted molar refractivity (Wildman–Crippen MR) is 64.8 cm³/mol. The molecule has 6 heteroatoms. The van der Waals surface area contributed by atoms with Crippen LogP contribution in [0.15, 0.2) is 23.1 Å². The molecule has 1 atom stereocenters. The number of nitrogens with two attached hydrogens (primary N) is 1. The molecule has 0 spiro atoms. The Morgan fingerprint density at radius 3 is 2.81 bits per heavy atom. The Labute approximate surface area is 102 Å². The maximum atomic E-state index is 10.3. The highest BCUT2D eigenvalue weighted by molar-refractivity contribution is 7.99. The number of aliphatic carboxylic acids is 1. The van der Waals surface area contributed by atoms with Crippen molar-refractivity contribution in [3.63, 3.8) is 0 Å². The minimum atomic E-state index is -1.02. The number of carboxylic acid groups (broad SMARTS) is 1. The van der Waals surface area contributed by atoms with Crippen LogP contribution >= 0.6 is 23.4 Å². The van der Waals surface area contributed by atoms with Crippen molar-refractivity contribution in [2.75, 3.05) is 11.5 Å². The van der Waals surface area contributed by atoms with E-state index >= 15 is 0 Å². The van der Waals surface area contributed by atoms with Crippen LogP contribution < -0.4 is 5.73 Å². The van der Waals surface area contributed by atoms with E-state index in [0.29, 0.717) is 10.7 Å². The number of hydrogen-bond donors (Lipinski definition) is 3. The van der Waals surface area contributed by atoms with Crippen LogP contribution in [0.2, 0.25) is 5.02 Å². The minimum absolute atomic E-state index is 0.264. The quantitative estimate of drug-likeness (QED) is 0.557. The maximum Gasteiger partial charge on any atom is 0.306 e. The van der Waals surface area contributed by atoms with Gasteiger partial charge in [-0.1, -0.05) is 11.6 Å². The Morgan fingerprint density at radius 1 is 1.56 bits per heavy atom. The van der Waals surface area contributed by atoms with E-state index in [0.717, 1.165) is 4.90 Å². The van der Waals surface area contributed by atoms with E-state index in [-0.39, 0.29) is 12.2 Å². The first-order valence-electron chi connectivity index (χ1n) is 4.56. The van der Waals surface area contributed by atoms with Crippen molar-refractivity contribution in [3.8, 4) is 0 Å².